The van der Waals surface area contributed by atoms with Crippen molar-refractivity contribution in [2.75, 3.05) is 5.32 Å². The highest BCUT2D eigenvalue weighted by atomic mass is 35.5. The molecule has 116 valence electrons. The number of amides is 1. The fourth-order valence-corrected chi connectivity index (χ4v) is 2.47. The molecule has 0 unspecified atom stereocenters. The van der Waals surface area contributed by atoms with Crippen molar-refractivity contribution in [2.24, 2.45) is 0 Å². The number of carbonyl (C=O) groups excluding carboxylic acids is 1. The Morgan fingerprint density at radius 3 is 2.61 bits per heavy atom. The van der Waals surface area contributed by atoms with Crippen LogP contribution in [0.4, 0.5) is 10.1 Å². The molecule has 0 aliphatic carbocycles. The zero-order valence-corrected chi connectivity index (χ0v) is 12.7. The van der Waals surface area contributed by atoms with E-state index >= 15 is 0 Å². The van der Waals surface area contributed by atoms with Crippen LogP contribution >= 0.6 is 11.6 Å². The van der Waals surface area contributed by atoms with Gasteiger partial charge in [-0.1, -0.05) is 17.7 Å². The van der Waals surface area contributed by atoms with Crippen LogP contribution in [0.25, 0.3) is 10.9 Å². The van der Waals surface area contributed by atoms with Crippen LogP contribution in [0.15, 0.2) is 59.5 Å². The van der Waals surface area contributed by atoms with E-state index in [-0.39, 0.29) is 28.8 Å². The molecular formula is C17H12ClFN2O2. The third-order valence-corrected chi connectivity index (χ3v) is 3.64. The second kappa shape index (κ2) is 6.22. The standard InChI is InChI=1S/C17H12ClFN2O2/c18-11-4-6-12(7-5-11)20-16(23)10-21-9-8-15(22)13-2-1-3-14(19)17(13)21/h1-9H,10H2,(H,20,23). The topological polar surface area (TPSA) is 51.1 Å². The predicted octanol–water partition coefficient (Wildman–Crippen LogP) is 3.43. The third-order valence-electron chi connectivity index (χ3n) is 3.39. The summed E-state index contributed by atoms with van der Waals surface area (Å²) >= 11 is 5.79. The highest BCUT2D eigenvalue weighted by Crippen LogP contribution is 2.16. The molecule has 6 heteroatoms. The van der Waals surface area contributed by atoms with E-state index in [1.165, 1.54) is 35.0 Å². The van der Waals surface area contributed by atoms with Gasteiger partial charge in [-0.2, -0.15) is 0 Å². The van der Waals surface area contributed by atoms with E-state index in [2.05, 4.69) is 5.32 Å². The molecule has 0 spiro atoms. The first-order chi connectivity index (χ1) is 11.0. The van der Waals surface area contributed by atoms with Gasteiger partial charge in [-0.25, -0.2) is 4.39 Å². The third kappa shape index (κ3) is 3.24. The zero-order chi connectivity index (χ0) is 16.4. The monoisotopic (exact) mass is 330 g/mol. The van der Waals surface area contributed by atoms with Crippen molar-refractivity contribution in [1.82, 2.24) is 4.57 Å². The van der Waals surface area contributed by atoms with Crippen LogP contribution in [0.2, 0.25) is 5.02 Å². The summed E-state index contributed by atoms with van der Waals surface area (Å²) in [6.45, 7) is -0.111. The summed E-state index contributed by atoms with van der Waals surface area (Å²) in [5.41, 5.74) is 0.422. The molecular weight excluding hydrogens is 319 g/mol. The Morgan fingerprint density at radius 1 is 1.13 bits per heavy atom. The molecule has 1 aromatic heterocycles. The quantitative estimate of drug-likeness (QED) is 0.800. The average Bonchev–Trinajstić information content (AvgIpc) is 2.53. The maximum Gasteiger partial charge on any atom is 0.244 e. The smallest absolute Gasteiger partial charge is 0.244 e. The summed E-state index contributed by atoms with van der Waals surface area (Å²) in [5.74, 6) is -0.875. The van der Waals surface area contributed by atoms with Gasteiger partial charge in [0.25, 0.3) is 0 Å². The van der Waals surface area contributed by atoms with E-state index in [9.17, 15) is 14.0 Å². The van der Waals surface area contributed by atoms with Crippen LogP contribution in [-0.4, -0.2) is 10.5 Å². The van der Waals surface area contributed by atoms with Crippen LogP contribution in [0, 0.1) is 5.82 Å². The minimum atomic E-state index is -0.542. The summed E-state index contributed by atoms with van der Waals surface area (Å²) in [6, 6.07) is 12.2. The first-order valence-corrected chi connectivity index (χ1v) is 7.25. The van der Waals surface area contributed by atoms with Gasteiger partial charge in [-0.05, 0) is 36.4 Å². The fraction of sp³-hybridized carbons (Fsp3) is 0.0588. The van der Waals surface area contributed by atoms with E-state index < -0.39 is 5.82 Å². The summed E-state index contributed by atoms with van der Waals surface area (Å²) in [4.78, 5) is 23.9. The molecule has 0 aliphatic heterocycles. The number of rotatable bonds is 3. The molecule has 0 saturated heterocycles. The number of carbonyl (C=O) groups is 1. The average molecular weight is 331 g/mol. The second-order valence-electron chi connectivity index (χ2n) is 5.00. The molecule has 0 radical (unpaired) electrons. The molecule has 3 rings (SSSR count). The molecule has 2 aromatic carbocycles. The Kier molecular flexibility index (Phi) is 4.12. The highest BCUT2D eigenvalue weighted by Gasteiger charge is 2.10. The molecule has 4 nitrogen and oxygen atoms in total. The fourth-order valence-electron chi connectivity index (χ4n) is 2.35. The first kappa shape index (κ1) is 15.2. The van der Waals surface area contributed by atoms with Crippen molar-refractivity contribution in [1.29, 1.82) is 0 Å². The number of aromatic nitrogens is 1. The second-order valence-corrected chi connectivity index (χ2v) is 5.44. The molecule has 0 fully saturated rings. The van der Waals surface area contributed by atoms with E-state index in [4.69, 9.17) is 11.6 Å². The van der Waals surface area contributed by atoms with Gasteiger partial charge in [0.05, 0.1) is 5.52 Å². The first-order valence-electron chi connectivity index (χ1n) is 6.88. The lowest BCUT2D eigenvalue weighted by atomic mass is 10.2. The van der Waals surface area contributed by atoms with Crippen molar-refractivity contribution < 1.29 is 9.18 Å². The predicted molar refractivity (Wildman–Crippen MR) is 88.2 cm³/mol. The summed E-state index contributed by atoms with van der Waals surface area (Å²) in [7, 11) is 0. The molecule has 3 aromatic rings. The number of nitrogens with one attached hydrogen (secondary N) is 1. The maximum atomic E-state index is 14.0. The summed E-state index contributed by atoms with van der Waals surface area (Å²) < 4.78 is 15.5. The van der Waals surface area contributed by atoms with Crippen molar-refractivity contribution in [3.63, 3.8) is 0 Å². The number of nitrogens with zero attached hydrogens (tertiary/aromatic N) is 1. The van der Waals surface area contributed by atoms with E-state index in [1.807, 2.05) is 0 Å². The summed E-state index contributed by atoms with van der Waals surface area (Å²) in [5, 5.41) is 3.51. The molecule has 0 aliphatic rings. The van der Waals surface area contributed by atoms with Crippen LogP contribution in [-0.2, 0) is 11.3 Å². The van der Waals surface area contributed by atoms with Crippen LogP contribution in [0.3, 0.4) is 0 Å². The van der Waals surface area contributed by atoms with Gasteiger partial charge in [0, 0.05) is 28.4 Å². The molecule has 1 heterocycles. The molecule has 0 bridgehead atoms. The van der Waals surface area contributed by atoms with Gasteiger partial charge < -0.3 is 9.88 Å². The van der Waals surface area contributed by atoms with E-state index in [0.29, 0.717) is 10.7 Å². The molecule has 0 atom stereocenters. The van der Waals surface area contributed by atoms with Gasteiger partial charge in [0.2, 0.25) is 5.91 Å². The highest BCUT2D eigenvalue weighted by molar-refractivity contribution is 6.30. The Labute approximate surface area is 136 Å². The lowest BCUT2D eigenvalue weighted by Gasteiger charge is -2.11. The number of hydrogen-bond acceptors (Lipinski definition) is 2. The van der Waals surface area contributed by atoms with Gasteiger partial charge in [-0.15, -0.1) is 0 Å². The zero-order valence-electron chi connectivity index (χ0n) is 11.9. The van der Waals surface area contributed by atoms with Crippen LogP contribution < -0.4 is 10.7 Å². The number of halogens is 2. The number of fused-ring (bicyclic) bond motifs is 1. The Hall–Kier alpha value is -2.66. The van der Waals surface area contributed by atoms with Crippen molar-refractivity contribution in [2.45, 2.75) is 6.54 Å². The molecule has 0 saturated carbocycles. The number of pyridine rings is 1. The number of benzene rings is 2. The minimum Gasteiger partial charge on any atom is -0.335 e. The van der Waals surface area contributed by atoms with E-state index in [0.717, 1.165) is 0 Å². The van der Waals surface area contributed by atoms with Gasteiger partial charge >= 0.3 is 0 Å². The maximum absolute atomic E-state index is 14.0. The normalized spacial score (nSPS) is 10.7. The van der Waals surface area contributed by atoms with Crippen molar-refractivity contribution >= 4 is 34.1 Å². The Morgan fingerprint density at radius 2 is 1.87 bits per heavy atom. The SMILES string of the molecule is O=C(Cn1ccc(=O)c2cccc(F)c21)Nc1ccc(Cl)cc1. The Bertz CT molecular complexity index is 935. The minimum absolute atomic E-state index is 0.111. The number of anilines is 1. The lowest BCUT2D eigenvalue weighted by Crippen LogP contribution is -2.20. The number of para-hydroxylation sites is 1. The van der Waals surface area contributed by atoms with Crippen LogP contribution in [0.1, 0.15) is 0 Å². The lowest BCUT2D eigenvalue weighted by molar-refractivity contribution is -0.116. The Balaban J connectivity index is 1.89. The van der Waals surface area contributed by atoms with E-state index in [1.54, 1.807) is 24.3 Å². The summed E-state index contributed by atoms with van der Waals surface area (Å²) in [6.07, 6.45) is 1.41. The van der Waals surface area contributed by atoms with Crippen LogP contribution in [0.5, 0.6) is 0 Å². The number of hydrogen-bond donors (Lipinski definition) is 1. The molecule has 1 N–H and O–H groups in total. The van der Waals surface area contributed by atoms with Crippen molar-refractivity contribution in [3.8, 4) is 0 Å². The van der Waals surface area contributed by atoms with Crippen molar-refractivity contribution in [3.05, 3.63) is 75.8 Å². The van der Waals surface area contributed by atoms with Gasteiger partial charge in [0.1, 0.15) is 12.4 Å². The van der Waals surface area contributed by atoms with Gasteiger partial charge in [-0.3, -0.25) is 9.59 Å². The molecule has 1 amide bonds. The van der Waals surface area contributed by atoms with Gasteiger partial charge in [0.15, 0.2) is 5.43 Å². The largest absolute Gasteiger partial charge is 0.335 e. The molecule has 23 heavy (non-hydrogen) atoms.